The summed E-state index contributed by atoms with van der Waals surface area (Å²) in [4.78, 5) is 4.84. The fourth-order valence-corrected chi connectivity index (χ4v) is 3.06. The molecule has 7 nitrogen and oxygen atoms in total. The molecule has 132 valence electrons. The van der Waals surface area contributed by atoms with E-state index in [-0.39, 0.29) is 6.04 Å². The van der Waals surface area contributed by atoms with Crippen molar-refractivity contribution in [2.24, 2.45) is 7.05 Å². The number of hydrogen-bond donors (Lipinski definition) is 1. The van der Waals surface area contributed by atoms with E-state index in [2.05, 4.69) is 46.6 Å². The molecule has 26 heavy (non-hydrogen) atoms. The Labute approximate surface area is 151 Å². The van der Waals surface area contributed by atoms with Crippen molar-refractivity contribution in [3.05, 3.63) is 59.8 Å². The highest BCUT2D eigenvalue weighted by atomic mass is 15.3. The summed E-state index contributed by atoms with van der Waals surface area (Å²) in [5.41, 5.74) is 4.89. The predicted molar refractivity (Wildman–Crippen MR) is 101 cm³/mol. The molecule has 0 radical (unpaired) electrons. The van der Waals surface area contributed by atoms with Crippen molar-refractivity contribution in [1.29, 1.82) is 0 Å². The third-order valence-corrected chi connectivity index (χ3v) is 4.62. The minimum Gasteiger partial charge on any atom is -0.360 e. The van der Waals surface area contributed by atoms with Crippen LogP contribution in [0.15, 0.2) is 42.7 Å². The van der Waals surface area contributed by atoms with E-state index in [0.29, 0.717) is 0 Å². The lowest BCUT2D eigenvalue weighted by Crippen LogP contribution is -2.15. The Morgan fingerprint density at radius 1 is 1.12 bits per heavy atom. The van der Waals surface area contributed by atoms with Crippen LogP contribution in [0.3, 0.4) is 0 Å². The number of anilines is 1. The number of benzene rings is 1. The maximum atomic E-state index is 4.84. The minimum absolute atomic E-state index is 0.0264. The standard InChI is InChI=1S/C19H21N7/c1-12-13(2)24-26-17(21-14(3)19-23-20-11-25(19)4)10-16(22-18(12)26)15-8-6-5-7-9-15/h5-11,14,21H,1-4H3/t14-/m0/s1. The number of rotatable bonds is 4. The van der Waals surface area contributed by atoms with Crippen LogP contribution in [0.5, 0.6) is 0 Å². The van der Waals surface area contributed by atoms with Crippen LogP contribution in [0.4, 0.5) is 5.82 Å². The van der Waals surface area contributed by atoms with Crippen LogP contribution in [0.1, 0.15) is 30.0 Å². The molecule has 7 heteroatoms. The van der Waals surface area contributed by atoms with E-state index in [9.17, 15) is 0 Å². The van der Waals surface area contributed by atoms with Gasteiger partial charge in [-0.3, -0.25) is 0 Å². The fourth-order valence-electron chi connectivity index (χ4n) is 3.06. The molecule has 1 aromatic carbocycles. The van der Waals surface area contributed by atoms with Crippen molar-refractivity contribution in [2.75, 3.05) is 5.32 Å². The van der Waals surface area contributed by atoms with Crippen LogP contribution >= 0.6 is 0 Å². The van der Waals surface area contributed by atoms with Crippen molar-refractivity contribution in [1.82, 2.24) is 29.4 Å². The molecule has 3 heterocycles. The van der Waals surface area contributed by atoms with Gasteiger partial charge >= 0.3 is 0 Å². The maximum Gasteiger partial charge on any atom is 0.161 e. The molecule has 0 aliphatic carbocycles. The fraction of sp³-hybridized carbons (Fsp3) is 0.263. The molecule has 0 aliphatic heterocycles. The third-order valence-electron chi connectivity index (χ3n) is 4.62. The molecule has 3 aromatic heterocycles. The van der Waals surface area contributed by atoms with E-state index < -0.39 is 0 Å². The van der Waals surface area contributed by atoms with Crippen LogP contribution < -0.4 is 5.32 Å². The number of aromatic nitrogens is 6. The van der Waals surface area contributed by atoms with E-state index in [1.54, 1.807) is 6.33 Å². The van der Waals surface area contributed by atoms with Gasteiger partial charge in [0.15, 0.2) is 11.5 Å². The number of hydrogen-bond acceptors (Lipinski definition) is 5. The zero-order valence-electron chi connectivity index (χ0n) is 15.3. The number of nitrogens with zero attached hydrogens (tertiary/aromatic N) is 6. The average Bonchev–Trinajstić information content (AvgIpc) is 3.20. The predicted octanol–water partition coefficient (Wildman–Crippen LogP) is 3.31. The van der Waals surface area contributed by atoms with Crippen LogP contribution in [0.2, 0.25) is 0 Å². The first-order valence-electron chi connectivity index (χ1n) is 8.57. The Bertz CT molecular complexity index is 1060. The number of nitrogens with one attached hydrogen (secondary N) is 1. The molecule has 0 unspecified atom stereocenters. The Morgan fingerprint density at radius 2 is 1.88 bits per heavy atom. The lowest BCUT2D eigenvalue weighted by Gasteiger charge is -2.16. The highest BCUT2D eigenvalue weighted by molar-refractivity contribution is 5.68. The van der Waals surface area contributed by atoms with Gasteiger partial charge < -0.3 is 9.88 Å². The molecular formula is C19H21N7. The molecule has 0 aliphatic rings. The molecule has 0 saturated heterocycles. The van der Waals surface area contributed by atoms with E-state index in [4.69, 9.17) is 4.98 Å². The van der Waals surface area contributed by atoms with Gasteiger partial charge in [0, 0.05) is 24.2 Å². The zero-order valence-corrected chi connectivity index (χ0v) is 15.3. The lowest BCUT2D eigenvalue weighted by molar-refractivity contribution is 0.710. The largest absolute Gasteiger partial charge is 0.360 e. The second-order valence-corrected chi connectivity index (χ2v) is 6.50. The smallest absolute Gasteiger partial charge is 0.161 e. The molecule has 1 atom stereocenters. The van der Waals surface area contributed by atoms with E-state index in [1.807, 2.05) is 47.3 Å². The van der Waals surface area contributed by atoms with E-state index >= 15 is 0 Å². The third kappa shape index (κ3) is 2.71. The Kier molecular flexibility index (Phi) is 3.91. The summed E-state index contributed by atoms with van der Waals surface area (Å²) in [7, 11) is 1.94. The highest BCUT2D eigenvalue weighted by Crippen LogP contribution is 2.26. The summed E-state index contributed by atoms with van der Waals surface area (Å²) in [6, 6.07) is 12.2. The van der Waals surface area contributed by atoms with Gasteiger partial charge in [-0.2, -0.15) is 9.61 Å². The first kappa shape index (κ1) is 16.3. The molecule has 1 N–H and O–H groups in total. The second kappa shape index (κ2) is 6.25. The molecule has 0 saturated carbocycles. The van der Waals surface area contributed by atoms with Gasteiger partial charge in [-0.15, -0.1) is 10.2 Å². The SMILES string of the molecule is Cc1nn2c(N[C@@H](C)c3nncn3C)cc(-c3ccccc3)nc2c1C. The van der Waals surface area contributed by atoms with Crippen molar-refractivity contribution in [3.8, 4) is 11.3 Å². The second-order valence-electron chi connectivity index (χ2n) is 6.50. The molecule has 0 spiro atoms. The molecular weight excluding hydrogens is 326 g/mol. The summed E-state index contributed by atoms with van der Waals surface area (Å²) in [6.45, 7) is 6.11. The first-order chi connectivity index (χ1) is 12.5. The van der Waals surface area contributed by atoms with Crippen molar-refractivity contribution >= 4 is 11.5 Å². The Balaban J connectivity index is 1.84. The van der Waals surface area contributed by atoms with Crippen molar-refractivity contribution < 1.29 is 0 Å². The molecule has 0 bridgehead atoms. The van der Waals surface area contributed by atoms with Crippen LogP contribution in [-0.2, 0) is 7.05 Å². The van der Waals surface area contributed by atoms with Gasteiger partial charge in [0.1, 0.15) is 12.1 Å². The molecule has 4 rings (SSSR count). The minimum atomic E-state index is -0.0264. The van der Waals surface area contributed by atoms with E-state index in [0.717, 1.165) is 39.8 Å². The van der Waals surface area contributed by atoms with Crippen molar-refractivity contribution in [2.45, 2.75) is 26.8 Å². The van der Waals surface area contributed by atoms with Gasteiger partial charge in [-0.1, -0.05) is 30.3 Å². The zero-order chi connectivity index (χ0) is 18.3. The Morgan fingerprint density at radius 3 is 2.58 bits per heavy atom. The number of fused-ring (bicyclic) bond motifs is 1. The Hall–Kier alpha value is -3.22. The summed E-state index contributed by atoms with van der Waals surface area (Å²) >= 11 is 0. The van der Waals surface area contributed by atoms with Gasteiger partial charge in [-0.25, -0.2) is 4.98 Å². The van der Waals surface area contributed by atoms with E-state index in [1.165, 1.54) is 0 Å². The van der Waals surface area contributed by atoms with Gasteiger partial charge in [0.05, 0.1) is 17.4 Å². The highest BCUT2D eigenvalue weighted by Gasteiger charge is 2.17. The lowest BCUT2D eigenvalue weighted by atomic mass is 10.1. The van der Waals surface area contributed by atoms with Crippen molar-refractivity contribution in [3.63, 3.8) is 0 Å². The summed E-state index contributed by atoms with van der Waals surface area (Å²) in [5.74, 6) is 1.73. The molecule has 0 amide bonds. The first-order valence-corrected chi connectivity index (χ1v) is 8.57. The molecule has 0 fully saturated rings. The maximum absolute atomic E-state index is 4.84. The molecule has 4 aromatic rings. The summed E-state index contributed by atoms with van der Waals surface area (Å²) < 4.78 is 3.78. The monoisotopic (exact) mass is 347 g/mol. The normalized spacial score (nSPS) is 12.5. The summed E-state index contributed by atoms with van der Waals surface area (Å²) in [6.07, 6.45) is 1.70. The average molecular weight is 347 g/mol. The van der Waals surface area contributed by atoms with Gasteiger partial charge in [0.2, 0.25) is 0 Å². The van der Waals surface area contributed by atoms with Crippen LogP contribution in [0.25, 0.3) is 16.9 Å². The van der Waals surface area contributed by atoms with Gasteiger partial charge in [0.25, 0.3) is 0 Å². The summed E-state index contributed by atoms with van der Waals surface area (Å²) in [5, 5.41) is 16.3. The van der Waals surface area contributed by atoms with Crippen LogP contribution in [-0.4, -0.2) is 29.4 Å². The van der Waals surface area contributed by atoms with Gasteiger partial charge in [-0.05, 0) is 20.8 Å². The number of aryl methyl sites for hydroxylation is 3. The quantitative estimate of drug-likeness (QED) is 0.613. The van der Waals surface area contributed by atoms with Crippen LogP contribution in [0, 0.1) is 13.8 Å². The topological polar surface area (TPSA) is 72.9 Å².